The predicted molar refractivity (Wildman–Crippen MR) is 103 cm³/mol. The summed E-state index contributed by atoms with van der Waals surface area (Å²) in [7, 11) is 0. The van der Waals surface area contributed by atoms with Gasteiger partial charge < -0.3 is 5.11 Å². The highest BCUT2D eigenvalue weighted by Gasteiger charge is 2.62. The van der Waals surface area contributed by atoms with Crippen LogP contribution >= 0.6 is 22.6 Å². The van der Waals surface area contributed by atoms with Crippen molar-refractivity contribution in [1.29, 1.82) is 0 Å². The second-order valence-corrected chi connectivity index (χ2v) is 9.48. The Kier molecular flexibility index (Phi) is 3.16. The summed E-state index contributed by atoms with van der Waals surface area (Å²) in [6, 6.07) is 10.7. The molecule has 4 aliphatic rings. The van der Waals surface area contributed by atoms with Crippen LogP contribution in [0.25, 0.3) is 10.9 Å². The smallest absolute Gasteiger partial charge is 0.108 e. The van der Waals surface area contributed by atoms with E-state index in [2.05, 4.69) is 70.5 Å². The molecule has 1 aromatic carbocycles. The summed E-state index contributed by atoms with van der Waals surface area (Å²) >= 11 is 2.39. The number of rotatable bonds is 1. The first kappa shape index (κ1) is 15.5. The van der Waals surface area contributed by atoms with E-state index >= 15 is 0 Å². The summed E-state index contributed by atoms with van der Waals surface area (Å²) in [5.74, 6) is 0. The van der Waals surface area contributed by atoms with Gasteiger partial charge in [0, 0.05) is 48.0 Å². The summed E-state index contributed by atoms with van der Waals surface area (Å²) in [5.41, 5.74) is 2.35. The zero-order valence-corrected chi connectivity index (χ0v) is 16.2. The highest BCUT2D eigenvalue weighted by Crippen LogP contribution is 2.54. The predicted octanol–water partition coefficient (Wildman–Crippen LogP) is 2.86. The minimum Gasteiger partial charge on any atom is -0.392 e. The van der Waals surface area contributed by atoms with E-state index in [0.717, 1.165) is 35.4 Å². The standard InChI is InChI=1S/C19H22IN3O/c1-18-8-22-10-19(2,17(18)24)11-23(9-18)16(22)13-7-12-5-3-4-6-14(12)21-15(13)20/h3-7,16-17,24H,8-11H2,1-2H3. The number of aliphatic hydroxyl groups excluding tert-OH is 1. The molecular formula is C19H22IN3O. The molecule has 6 rings (SSSR count). The van der Waals surface area contributed by atoms with Gasteiger partial charge in [0.2, 0.25) is 0 Å². The van der Waals surface area contributed by atoms with Crippen LogP contribution in [0.3, 0.4) is 0 Å². The number of pyridine rings is 1. The van der Waals surface area contributed by atoms with Crippen molar-refractivity contribution in [3.63, 3.8) is 0 Å². The molecular weight excluding hydrogens is 413 g/mol. The van der Waals surface area contributed by atoms with Gasteiger partial charge in [0.1, 0.15) is 3.70 Å². The lowest BCUT2D eigenvalue weighted by Crippen LogP contribution is -2.76. The molecule has 0 saturated carbocycles. The maximum absolute atomic E-state index is 10.8. The SMILES string of the molecule is CC12CN3CC(C)(CN(C1)C3c1cc3ccccc3nc1I)C2O. The van der Waals surface area contributed by atoms with Gasteiger partial charge in [0.25, 0.3) is 0 Å². The van der Waals surface area contributed by atoms with Crippen LogP contribution in [0.1, 0.15) is 25.6 Å². The van der Waals surface area contributed by atoms with Crippen LogP contribution in [0, 0.1) is 14.5 Å². The van der Waals surface area contributed by atoms with Crippen LogP contribution in [-0.2, 0) is 0 Å². The van der Waals surface area contributed by atoms with E-state index in [9.17, 15) is 5.11 Å². The zero-order valence-electron chi connectivity index (χ0n) is 14.0. The Balaban J connectivity index is 1.61. The number of nitrogens with zero attached hydrogens (tertiary/aromatic N) is 3. The van der Waals surface area contributed by atoms with Gasteiger partial charge in [-0.3, -0.25) is 9.80 Å². The molecule has 0 amide bonds. The quantitative estimate of drug-likeness (QED) is 0.553. The molecule has 0 atom stereocenters. The minimum atomic E-state index is -0.202. The third-order valence-electron chi connectivity index (χ3n) is 6.25. The van der Waals surface area contributed by atoms with E-state index in [0.29, 0.717) is 6.17 Å². The normalized spacial score (nSPS) is 43.5. The lowest BCUT2D eigenvalue weighted by molar-refractivity contribution is -0.254. The summed E-state index contributed by atoms with van der Waals surface area (Å²) in [6.45, 7) is 8.35. The number of fused-ring (bicyclic) bond motifs is 1. The van der Waals surface area contributed by atoms with Gasteiger partial charge in [-0.1, -0.05) is 32.0 Å². The van der Waals surface area contributed by atoms with Gasteiger partial charge in [0.15, 0.2) is 0 Å². The molecule has 4 bridgehead atoms. The number of aromatic nitrogens is 1. The molecule has 4 nitrogen and oxygen atoms in total. The van der Waals surface area contributed by atoms with E-state index in [-0.39, 0.29) is 16.9 Å². The summed E-state index contributed by atoms with van der Waals surface area (Å²) in [4.78, 5) is 9.97. The molecule has 2 aromatic rings. The van der Waals surface area contributed by atoms with Crippen LogP contribution in [-0.4, -0.2) is 52.2 Å². The van der Waals surface area contributed by atoms with Crippen molar-refractivity contribution in [2.24, 2.45) is 10.8 Å². The lowest BCUT2D eigenvalue weighted by atomic mass is 9.60. The number of piperidine rings is 2. The van der Waals surface area contributed by atoms with Crippen LogP contribution in [0.15, 0.2) is 30.3 Å². The average Bonchev–Trinajstić information content (AvgIpc) is 2.51. The fourth-order valence-electron chi connectivity index (χ4n) is 5.51. The highest BCUT2D eigenvalue weighted by molar-refractivity contribution is 14.1. The van der Waals surface area contributed by atoms with E-state index in [1.807, 2.05) is 6.07 Å². The first-order chi connectivity index (χ1) is 11.4. The van der Waals surface area contributed by atoms with Gasteiger partial charge in [-0.25, -0.2) is 4.98 Å². The monoisotopic (exact) mass is 435 g/mol. The number of hydrogen-bond acceptors (Lipinski definition) is 4. The second kappa shape index (κ2) is 4.90. The Morgan fingerprint density at radius 3 is 2.29 bits per heavy atom. The zero-order chi connectivity index (χ0) is 16.7. The fourth-order valence-corrected chi connectivity index (χ4v) is 6.21. The van der Waals surface area contributed by atoms with Crippen LogP contribution < -0.4 is 0 Å². The number of aliphatic hydroxyl groups is 1. The Morgan fingerprint density at radius 1 is 1.08 bits per heavy atom. The number of hydrogen-bond donors (Lipinski definition) is 1. The van der Waals surface area contributed by atoms with Gasteiger partial charge in [-0.15, -0.1) is 0 Å². The third kappa shape index (κ3) is 1.98. The molecule has 4 fully saturated rings. The summed E-state index contributed by atoms with van der Waals surface area (Å²) < 4.78 is 1.10. The molecule has 1 aromatic heterocycles. The van der Waals surface area contributed by atoms with Crippen molar-refractivity contribution in [2.75, 3.05) is 26.2 Å². The average molecular weight is 435 g/mol. The molecule has 0 spiro atoms. The van der Waals surface area contributed by atoms with E-state index in [1.165, 1.54) is 10.9 Å². The van der Waals surface area contributed by atoms with Crippen molar-refractivity contribution in [3.05, 3.63) is 39.6 Å². The Morgan fingerprint density at radius 2 is 1.67 bits per heavy atom. The first-order valence-electron chi connectivity index (χ1n) is 8.61. The van der Waals surface area contributed by atoms with Gasteiger partial charge >= 0.3 is 0 Å². The number of halogens is 1. The Hall–Kier alpha value is -0.760. The van der Waals surface area contributed by atoms with Crippen LogP contribution in [0.4, 0.5) is 0 Å². The summed E-state index contributed by atoms with van der Waals surface area (Å²) in [6.07, 6.45) is 0.0925. The molecule has 0 radical (unpaired) electrons. The molecule has 126 valence electrons. The lowest BCUT2D eigenvalue weighted by Gasteiger charge is -2.68. The van der Waals surface area contributed by atoms with Crippen molar-refractivity contribution in [3.8, 4) is 0 Å². The minimum absolute atomic E-state index is 0.0164. The van der Waals surface area contributed by atoms with Gasteiger partial charge in [0.05, 0.1) is 17.8 Å². The van der Waals surface area contributed by atoms with Crippen molar-refractivity contribution >= 4 is 33.5 Å². The molecule has 24 heavy (non-hydrogen) atoms. The van der Waals surface area contributed by atoms with E-state index in [4.69, 9.17) is 4.98 Å². The second-order valence-electron chi connectivity index (χ2n) is 8.46. The van der Waals surface area contributed by atoms with Crippen LogP contribution in [0.2, 0.25) is 0 Å². The molecule has 5 heteroatoms. The van der Waals surface area contributed by atoms with E-state index < -0.39 is 0 Å². The Labute approximate surface area is 156 Å². The van der Waals surface area contributed by atoms with Gasteiger partial charge in [-0.2, -0.15) is 0 Å². The van der Waals surface area contributed by atoms with Crippen molar-refractivity contribution < 1.29 is 5.11 Å². The first-order valence-corrected chi connectivity index (χ1v) is 9.69. The summed E-state index contributed by atoms with van der Waals surface area (Å²) in [5, 5.41) is 12.0. The number of para-hydroxylation sites is 1. The maximum atomic E-state index is 10.8. The Bertz CT molecular complexity index is 800. The molecule has 1 N–H and O–H groups in total. The third-order valence-corrected chi connectivity index (χ3v) is 7.12. The maximum Gasteiger partial charge on any atom is 0.108 e. The van der Waals surface area contributed by atoms with E-state index in [1.54, 1.807) is 0 Å². The fraction of sp³-hybridized carbons (Fsp3) is 0.526. The molecule has 4 aliphatic heterocycles. The highest BCUT2D eigenvalue weighted by atomic mass is 127. The van der Waals surface area contributed by atoms with Crippen molar-refractivity contribution in [1.82, 2.24) is 14.8 Å². The molecule has 0 aliphatic carbocycles. The number of benzene rings is 1. The molecule has 4 saturated heterocycles. The van der Waals surface area contributed by atoms with Crippen molar-refractivity contribution in [2.45, 2.75) is 26.1 Å². The van der Waals surface area contributed by atoms with Gasteiger partial charge in [-0.05, 0) is 34.7 Å². The van der Waals surface area contributed by atoms with Crippen LogP contribution in [0.5, 0.6) is 0 Å². The largest absolute Gasteiger partial charge is 0.392 e. The molecule has 5 heterocycles. The topological polar surface area (TPSA) is 39.6 Å². The molecule has 0 unspecified atom stereocenters.